The van der Waals surface area contributed by atoms with Crippen LogP contribution < -0.4 is 0 Å². The van der Waals surface area contributed by atoms with Crippen LogP contribution in [0.25, 0.3) is 51.6 Å². The second-order valence-corrected chi connectivity index (χ2v) is 11.4. The molecule has 0 aliphatic carbocycles. The first-order valence-corrected chi connectivity index (χ1v) is 12.3. The Labute approximate surface area is 181 Å². The maximum absolute atomic E-state index is 4.87. The average Bonchev–Trinajstić information content (AvgIpc) is 3.42. The second-order valence-electron chi connectivity index (χ2n) is 8.53. The van der Waals surface area contributed by atoms with Gasteiger partial charge in [0.2, 0.25) is 0 Å². The van der Waals surface area contributed by atoms with Gasteiger partial charge in [-0.15, -0.1) is 34.0 Å². The Morgan fingerprint density at radius 2 is 1.48 bits per heavy atom. The van der Waals surface area contributed by atoms with Gasteiger partial charge in [0.15, 0.2) is 0 Å². The largest absolute Gasteiger partial charge is 0.255 e. The van der Waals surface area contributed by atoms with Crippen LogP contribution >= 0.6 is 34.0 Å². The van der Waals surface area contributed by atoms with Crippen molar-refractivity contribution in [2.24, 2.45) is 0 Å². The van der Waals surface area contributed by atoms with E-state index in [-0.39, 0.29) is 5.41 Å². The molecule has 0 amide bonds. The number of rotatable bonds is 1. The highest BCUT2D eigenvalue weighted by molar-refractivity contribution is 7.31. The summed E-state index contributed by atoms with van der Waals surface area (Å²) in [5.41, 5.74) is 3.82. The third kappa shape index (κ3) is 2.59. The van der Waals surface area contributed by atoms with E-state index in [9.17, 15) is 0 Å². The van der Waals surface area contributed by atoms with Crippen molar-refractivity contribution in [1.82, 2.24) is 4.98 Å². The maximum Gasteiger partial charge on any atom is 0.0880 e. The second kappa shape index (κ2) is 6.11. The molecular formula is C25H19NS3. The van der Waals surface area contributed by atoms with Gasteiger partial charge in [0.1, 0.15) is 0 Å². The summed E-state index contributed by atoms with van der Waals surface area (Å²) >= 11 is 5.56. The molecule has 4 heteroatoms. The molecule has 0 bridgehead atoms. The minimum absolute atomic E-state index is 0.0936. The molecule has 6 rings (SSSR count). The molecule has 6 aromatic rings. The number of benzene rings is 2. The summed E-state index contributed by atoms with van der Waals surface area (Å²) in [4.78, 5) is 4.87. The fourth-order valence-electron chi connectivity index (χ4n) is 4.17. The topological polar surface area (TPSA) is 12.9 Å². The number of fused-ring (bicyclic) bond motifs is 6. The molecule has 0 saturated heterocycles. The van der Waals surface area contributed by atoms with Crippen molar-refractivity contribution in [2.75, 3.05) is 0 Å². The summed E-state index contributed by atoms with van der Waals surface area (Å²) in [6.07, 6.45) is 1.97. The highest BCUT2D eigenvalue weighted by atomic mass is 32.1. The van der Waals surface area contributed by atoms with Crippen LogP contribution in [-0.4, -0.2) is 4.98 Å². The maximum atomic E-state index is 4.87. The number of aromatic nitrogens is 1. The first-order chi connectivity index (χ1) is 14.0. The Bertz CT molecular complexity index is 1540. The van der Waals surface area contributed by atoms with Crippen LogP contribution in [0.4, 0.5) is 0 Å². The van der Waals surface area contributed by atoms with Crippen molar-refractivity contribution < 1.29 is 0 Å². The minimum atomic E-state index is 0.0936. The lowest BCUT2D eigenvalue weighted by atomic mass is 9.85. The fraction of sp³-hybridized carbons (Fsp3) is 0.160. The number of hydrogen-bond acceptors (Lipinski definition) is 4. The van der Waals surface area contributed by atoms with Gasteiger partial charge in [-0.3, -0.25) is 4.98 Å². The van der Waals surface area contributed by atoms with Gasteiger partial charge < -0.3 is 0 Å². The monoisotopic (exact) mass is 429 g/mol. The Kier molecular flexibility index (Phi) is 3.71. The number of hydrogen-bond donors (Lipinski definition) is 0. The van der Waals surface area contributed by atoms with E-state index >= 15 is 0 Å². The van der Waals surface area contributed by atoms with Crippen molar-refractivity contribution in [1.29, 1.82) is 0 Å². The molecule has 4 heterocycles. The van der Waals surface area contributed by atoms with E-state index < -0.39 is 0 Å². The van der Waals surface area contributed by atoms with Crippen LogP contribution in [0.5, 0.6) is 0 Å². The lowest BCUT2D eigenvalue weighted by Gasteiger charge is -2.21. The van der Waals surface area contributed by atoms with Gasteiger partial charge in [-0.25, -0.2) is 0 Å². The van der Waals surface area contributed by atoms with Gasteiger partial charge in [0.05, 0.1) is 19.8 Å². The van der Waals surface area contributed by atoms with Gasteiger partial charge in [0, 0.05) is 27.2 Å². The average molecular weight is 430 g/mol. The van der Waals surface area contributed by atoms with E-state index in [1.54, 1.807) is 0 Å². The molecule has 0 radical (unpaired) electrons. The lowest BCUT2D eigenvalue weighted by molar-refractivity contribution is 0.597. The molecular weight excluding hydrogens is 410 g/mol. The van der Waals surface area contributed by atoms with Crippen molar-refractivity contribution in [2.45, 2.75) is 26.2 Å². The molecule has 2 aromatic carbocycles. The summed E-state index contributed by atoms with van der Waals surface area (Å²) in [5, 5.41) is 9.69. The first-order valence-electron chi connectivity index (χ1n) is 9.70. The van der Waals surface area contributed by atoms with Gasteiger partial charge >= 0.3 is 0 Å². The Balaban J connectivity index is 1.71. The van der Waals surface area contributed by atoms with E-state index in [0.29, 0.717) is 0 Å². The highest BCUT2D eigenvalue weighted by Gasteiger charge is 2.21. The van der Waals surface area contributed by atoms with Crippen molar-refractivity contribution >= 4 is 74.4 Å². The zero-order valence-corrected chi connectivity index (χ0v) is 18.9. The molecule has 0 aliphatic heterocycles. The first kappa shape index (κ1) is 17.6. The zero-order chi connectivity index (χ0) is 19.8. The van der Waals surface area contributed by atoms with E-state index in [1.807, 2.05) is 40.2 Å². The van der Waals surface area contributed by atoms with Crippen LogP contribution in [0.15, 0.2) is 59.4 Å². The zero-order valence-electron chi connectivity index (χ0n) is 16.4. The SMILES string of the molecule is CC(C)(C)c1cc(-c2nccc3c2sc2c3ccc3ccsc32)cc2ccsc12. The molecule has 142 valence electrons. The van der Waals surface area contributed by atoms with Crippen molar-refractivity contribution in [3.63, 3.8) is 0 Å². The quantitative estimate of drug-likeness (QED) is 0.254. The van der Waals surface area contributed by atoms with Crippen molar-refractivity contribution in [3.05, 3.63) is 65.0 Å². The van der Waals surface area contributed by atoms with Crippen LogP contribution in [-0.2, 0) is 5.41 Å². The molecule has 0 spiro atoms. The molecule has 0 unspecified atom stereocenters. The summed E-state index contributed by atoms with van der Waals surface area (Å²) in [7, 11) is 0. The summed E-state index contributed by atoms with van der Waals surface area (Å²) in [5.74, 6) is 0. The summed E-state index contributed by atoms with van der Waals surface area (Å²) < 4.78 is 5.45. The van der Waals surface area contributed by atoms with Crippen LogP contribution in [0.3, 0.4) is 0 Å². The molecule has 0 atom stereocenters. The molecule has 0 aliphatic rings. The van der Waals surface area contributed by atoms with E-state index in [1.165, 1.54) is 51.5 Å². The van der Waals surface area contributed by atoms with Gasteiger partial charge in [-0.2, -0.15) is 0 Å². The molecule has 0 saturated carbocycles. The third-order valence-electron chi connectivity index (χ3n) is 5.61. The molecule has 0 fully saturated rings. The Hall–Kier alpha value is -2.27. The van der Waals surface area contributed by atoms with Gasteiger partial charge in [0.25, 0.3) is 0 Å². The number of pyridine rings is 1. The predicted molar refractivity (Wildman–Crippen MR) is 132 cm³/mol. The van der Waals surface area contributed by atoms with E-state index in [4.69, 9.17) is 4.98 Å². The van der Waals surface area contributed by atoms with Gasteiger partial charge in [-0.1, -0.05) is 32.9 Å². The Morgan fingerprint density at radius 1 is 0.724 bits per heavy atom. The Morgan fingerprint density at radius 3 is 2.31 bits per heavy atom. The normalized spacial score (nSPS) is 12.7. The number of thiophene rings is 3. The number of nitrogens with zero attached hydrogens (tertiary/aromatic N) is 1. The smallest absolute Gasteiger partial charge is 0.0880 e. The highest BCUT2D eigenvalue weighted by Crippen LogP contribution is 2.44. The summed E-state index contributed by atoms with van der Waals surface area (Å²) in [6.45, 7) is 6.89. The summed E-state index contributed by atoms with van der Waals surface area (Å²) in [6, 6.07) is 15.8. The van der Waals surface area contributed by atoms with Crippen molar-refractivity contribution in [3.8, 4) is 11.3 Å². The molecule has 4 aromatic heterocycles. The van der Waals surface area contributed by atoms with Crippen LogP contribution in [0.1, 0.15) is 26.3 Å². The lowest BCUT2D eigenvalue weighted by Crippen LogP contribution is -2.11. The molecule has 29 heavy (non-hydrogen) atoms. The van der Waals surface area contributed by atoms with E-state index in [0.717, 1.165) is 5.69 Å². The van der Waals surface area contributed by atoms with Crippen LogP contribution in [0.2, 0.25) is 0 Å². The standard InChI is InChI=1S/C25H19NS3/c1-25(2,3)19-13-16(12-15-8-11-27-21(15)19)20-23-18(6-9-26-20)17-5-4-14-7-10-28-22(14)24(17)29-23/h4-13H,1-3H3. The van der Waals surface area contributed by atoms with Crippen LogP contribution in [0, 0.1) is 0 Å². The fourth-order valence-corrected chi connectivity index (χ4v) is 7.64. The third-order valence-corrected chi connectivity index (χ3v) is 8.89. The molecule has 0 N–H and O–H groups in total. The van der Waals surface area contributed by atoms with E-state index in [2.05, 4.69) is 74.0 Å². The minimum Gasteiger partial charge on any atom is -0.255 e. The van der Waals surface area contributed by atoms with Gasteiger partial charge in [-0.05, 0) is 62.8 Å². The molecule has 1 nitrogen and oxygen atoms in total. The predicted octanol–water partition coefficient (Wildman–Crippen LogP) is 8.84.